The lowest BCUT2D eigenvalue weighted by Gasteiger charge is -2.11. The van der Waals surface area contributed by atoms with Crippen molar-refractivity contribution >= 4 is 22.7 Å². The van der Waals surface area contributed by atoms with E-state index in [-0.39, 0.29) is 6.10 Å². The number of aryl methyl sites for hydroxylation is 1. The predicted molar refractivity (Wildman–Crippen MR) is 79.1 cm³/mol. The van der Waals surface area contributed by atoms with E-state index >= 15 is 0 Å². The first-order valence-electron chi connectivity index (χ1n) is 6.34. The zero-order chi connectivity index (χ0) is 13.0. The van der Waals surface area contributed by atoms with E-state index in [0.29, 0.717) is 0 Å². The zero-order valence-corrected chi connectivity index (χ0v) is 11.7. The Bertz CT molecular complexity index is 527. The second-order valence-electron chi connectivity index (χ2n) is 4.50. The molecular formula is C15H19NOS. The SMILES string of the molecule is CCCSCC(O)c1ccc2nc(C)ccc2c1. The predicted octanol–water partition coefficient (Wildman–Crippen LogP) is 3.72. The van der Waals surface area contributed by atoms with E-state index in [0.717, 1.165) is 40.1 Å². The van der Waals surface area contributed by atoms with Gasteiger partial charge < -0.3 is 5.11 Å². The lowest BCUT2D eigenvalue weighted by Crippen LogP contribution is -2.01. The number of thioether (sulfide) groups is 1. The van der Waals surface area contributed by atoms with Crippen LogP contribution < -0.4 is 0 Å². The summed E-state index contributed by atoms with van der Waals surface area (Å²) >= 11 is 1.80. The van der Waals surface area contributed by atoms with Crippen LogP contribution >= 0.6 is 11.8 Å². The second kappa shape index (κ2) is 6.21. The largest absolute Gasteiger partial charge is 0.388 e. The summed E-state index contributed by atoms with van der Waals surface area (Å²) in [5.74, 6) is 1.87. The van der Waals surface area contributed by atoms with Crippen LogP contribution in [0.2, 0.25) is 0 Å². The minimum atomic E-state index is -0.382. The van der Waals surface area contributed by atoms with Gasteiger partial charge in [-0.15, -0.1) is 0 Å². The van der Waals surface area contributed by atoms with Crippen molar-refractivity contribution in [3.05, 3.63) is 41.6 Å². The Morgan fingerprint density at radius 1 is 1.28 bits per heavy atom. The van der Waals surface area contributed by atoms with Crippen LogP contribution in [0.15, 0.2) is 30.3 Å². The average molecular weight is 261 g/mol. The molecule has 1 atom stereocenters. The number of pyridine rings is 1. The zero-order valence-electron chi connectivity index (χ0n) is 10.9. The molecule has 3 heteroatoms. The van der Waals surface area contributed by atoms with Gasteiger partial charge in [0.25, 0.3) is 0 Å². The first-order chi connectivity index (χ1) is 8.70. The van der Waals surface area contributed by atoms with E-state index in [2.05, 4.69) is 18.0 Å². The maximum atomic E-state index is 10.1. The minimum absolute atomic E-state index is 0.382. The molecule has 96 valence electrons. The molecule has 2 nitrogen and oxygen atoms in total. The highest BCUT2D eigenvalue weighted by molar-refractivity contribution is 7.99. The monoisotopic (exact) mass is 261 g/mol. The van der Waals surface area contributed by atoms with Crippen molar-refractivity contribution in [2.45, 2.75) is 26.4 Å². The molecule has 0 fully saturated rings. The van der Waals surface area contributed by atoms with Crippen molar-refractivity contribution in [2.75, 3.05) is 11.5 Å². The maximum absolute atomic E-state index is 10.1. The Morgan fingerprint density at radius 2 is 2.11 bits per heavy atom. The van der Waals surface area contributed by atoms with Crippen LogP contribution in [0.5, 0.6) is 0 Å². The van der Waals surface area contributed by atoms with Crippen LogP contribution in [0.25, 0.3) is 10.9 Å². The van der Waals surface area contributed by atoms with Crippen LogP contribution in [0, 0.1) is 6.92 Å². The van der Waals surface area contributed by atoms with E-state index in [1.165, 1.54) is 0 Å². The number of benzene rings is 1. The highest BCUT2D eigenvalue weighted by Crippen LogP contribution is 2.22. The van der Waals surface area contributed by atoms with E-state index in [9.17, 15) is 5.11 Å². The number of aromatic nitrogens is 1. The summed E-state index contributed by atoms with van der Waals surface area (Å²) in [6.07, 6.45) is 0.769. The molecule has 1 heterocycles. The number of rotatable bonds is 5. The van der Waals surface area contributed by atoms with Gasteiger partial charge in [0, 0.05) is 16.8 Å². The molecule has 1 aromatic carbocycles. The molecule has 1 N–H and O–H groups in total. The number of hydrogen-bond donors (Lipinski definition) is 1. The van der Waals surface area contributed by atoms with Crippen molar-refractivity contribution in [3.8, 4) is 0 Å². The molecule has 0 aliphatic carbocycles. The molecular weight excluding hydrogens is 242 g/mol. The van der Waals surface area contributed by atoms with Crippen LogP contribution in [0.3, 0.4) is 0 Å². The summed E-state index contributed by atoms with van der Waals surface area (Å²) in [6, 6.07) is 10.1. The third kappa shape index (κ3) is 3.24. The smallest absolute Gasteiger partial charge is 0.0880 e. The van der Waals surface area contributed by atoms with Crippen LogP contribution in [0.1, 0.15) is 30.7 Å². The van der Waals surface area contributed by atoms with Gasteiger partial charge in [0.05, 0.1) is 11.6 Å². The molecule has 0 radical (unpaired) electrons. The molecule has 0 bridgehead atoms. The molecule has 0 aliphatic heterocycles. The highest BCUT2D eigenvalue weighted by Gasteiger charge is 2.08. The number of aliphatic hydroxyl groups is 1. The van der Waals surface area contributed by atoms with E-state index < -0.39 is 0 Å². The van der Waals surface area contributed by atoms with E-state index in [1.807, 2.05) is 31.2 Å². The van der Waals surface area contributed by atoms with Crippen molar-refractivity contribution in [1.29, 1.82) is 0 Å². The van der Waals surface area contributed by atoms with Crippen LogP contribution in [0.4, 0.5) is 0 Å². The molecule has 1 aromatic heterocycles. The fourth-order valence-electron chi connectivity index (χ4n) is 1.89. The Kier molecular flexibility index (Phi) is 4.61. The van der Waals surface area contributed by atoms with Gasteiger partial charge >= 0.3 is 0 Å². The summed E-state index contributed by atoms with van der Waals surface area (Å²) in [5, 5.41) is 11.2. The van der Waals surface area contributed by atoms with Gasteiger partial charge in [-0.05, 0) is 42.9 Å². The normalized spacial score (nSPS) is 12.8. The Balaban J connectivity index is 2.16. The molecule has 0 saturated heterocycles. The average Bonchev–Trinajstić information content (AvgIpc) is 2.38. The fraction of sp³-hybridized carbons (Fsp3) is 0.400. The van der Waals surface area contributed by atoms with Gasteiger partial charge in [0.2, 0.25) is 0 Å². The molecule has 0 spiro atoms. The summed E-state index contributed by atoms with van der Waals surface area (Å²) < 4.78 is 0. The standard InChI is InChI=1S/C15H19NOS/c1-3-8-18-10-15(17)13-6-7-14-12(9-13)5-4-11(2)16-14/h4-7,9,15,17H,3,8,10H2,1-2H3. The van der Waals surface area contributed by atoms with Crippen molar-refractivity contribution in [3.63, 3.8) is 0 Å². The lowest BCUT2D eigenvalue weighted by molar-refractivity contribution is 0.204. The quantitative estimate of drug-likeness (QED) is 0.833. The maximum Gasteiger partial charge on any atom is 0.0880 e. The Labute approximate surface area is 112 Å². The highest BCUT2D eigenvalue weighted by atomic mass is 32.2. The van der Waals surface area contributed by atoms with Crippen molar-refractivity contribution in [2.24, 2.45) is 0 Å². The Morgan fingerprint density at radius 3 is 2.89 bits per heavy atom. The van der Waals surface area contributed by atoms with Crippen LogP contribution in [-0.2, 0) is 0 Å². The second-order valence-corrected chi connectivity index (χ2v) is 5.65. The van der Waals surface area contributed by atoms with Crippen molar-refractivity contribution < 1.29 is 5.11 Å². The van der Waals surface area contributed by atoms with Gasteiger partial charge in [-0.2, -0.15) is 11.8 Å². The fourth-order valence-corrected chi connectivity index (χ4v) is 2.76. The van der Waals surface area contributed by atoms with Crippen LogP contribution in [-0.4, -0.2) is 21.6 Å². The Hall–Kier alpha value is -1.06. The molecule has 2 aromatic rings. The summed E-state index contributed by atoms with van der Waals surface area (Å²) in [6.45, 7) is 4.15. The van der Waals surface area contributed by atoms with Gasteiger partial charge in [-0.25, -0.2) is 0 Å². The molecule has 1 unspecified atom stereocenters. The van der Waals surface area contributed by atoms with E-state index in [4.69, 9.17) is 0 Å². The molecule has 0 amide bonds. The number of aliphatic hydroxyl groups excluding tert-OH is 1. The summed E-state index contributed by atoms with van der Waals surface area (Å²) in [7, 11) is 0. The summed E-state index contributed by atoms with van der Waals surface area (Å²) in [5.41, 5.74) is 3.00. The van der Waals surface area contributed by atoms with Crippen molar-refractivity contribution in [1.82, 2.24) is 4.98 Å². The first kappa shape index (κ1) is 13.4. The number of fused-ring (bicyclic) bond motifs is 1. The van der Waals surface area contributed by atoms with Gasteiger partial charge in [-0.1, -0.05) is 19.1 Å². The van der Waals surface area contributed by atoms with Gasteiger partial charge in [0.15, 0.2) is 0 Å². The van der Waals surface area contributed by atoms with E-state index in [1.54, 1.807) is 11.8 Å². The topological polar surface area (TPSA) is 33.1 Å². The minimum Gasteiger partial charge on any atom is -0.388 e. The lowest BCUT2D eigenvalue weighted by atomic mass is 10.1. The third-order valence-electron chi connectivity index (χ3n) is 2.86. The molecule has 0 aliphatic rings. The molecule has 18 heavy (non-hydrogen) atoms. The van der Waals surface area contributed by atoms with Gasteiger partial charge in [0.1, 0.15) is 0 Å². The number of hydrogen-bond acceptors (Lipinski definition) is 3. The summed E-state index contributed by atoms with van der Waals surface area (Å²) in [4.78, 5) is 4.46. The van der Waals surface area contributed by atoms with Gasteiger partial charge in [-0.3, -0.25) is 4.98 Å². The molecule has 2 rings (SSSR count). The first-order valence-corrected chi connectivity index (χ1v) is 7.49. The number of nitrogens with zero attached hydrogens (tertiary/aromatic N) is 1. The molecule has 0 saturated carbocycles. The third-order valence-corrected chi connectivity index (χ3v) is 4.11.